The fourth-order valence-electron chi connectivity index (χ4n) is 7.37. The number of hydrogen-bond acceptors (Lipinski definition) is 3. The van der Waals surface area contributed by atoms with E-state index in [1.54, 1.807) is 0 Å². The van der Waals surface area contributed by atoms with Crippen LogP contribution in [-0.4, -0.2) is 15.0 Å². The normalized spacial score (nSPS) is 13.3. The van der Waals surface area contributed by atoms with Gasteiger partial charge in [-0.15, -0.1) is 0 Å². The molecular formula is C41H26N4. The summed E-state index contributed by atoms with van der Waals surface area (Å²) < 4.78 is 0. The second-order valence-corrected chi connectivity index (χ2v) is 12.3. The maximum atomic E-state index is 7.53. The number of pyridine rings is 3. The molecule has 0 spiro atoms. The predicted molar refractivity (Wildman–Crippen MR) is 185 cm³/mol. The van der Waals surface area contributed by atoms with Gasteiger partial charge < -0.3 is 0 Å². The van der Waals surface area contributed by atoms with Gasteiger partial charge in [0.15, 0.2) is 5.69 Å². The fourth-order valence-corrected chi connectivity index (χ4v) is 7.37. The van der Waals surface area contributed by atoms with Crippen molar-refractivity contribution in [3.05, 3.63) is 144 Å². The maximum Gasteiger partial charge on any atom is 0.187 e. The van der Waals surface area contributed by atoms with E-state index in [1.165, 1.54) is 22.3 Å². The maximum absolute atomic E-state index is 7.53. The Morgan fingerprint density at radius 3 is 2.00 bits per heavy atom. The van der Waals surface area contributed by atoms with Crippen LogP contribution in [0.5, 0.6) is 0 Å². The summed E-state index contributed by atoms with van der Waals surface area (Å²) in [6.45, 7) is 12.0. The van der Waals surface area contributed by atoms with E-state index in [4.69, 9.17) is 21.5 Å². The van der Waals surface area contributed by atoms with E-state index in [0.717, 1.165) is 65.9 Å². The van der Waals surface area contributed by atoms with Crippen LogP contribution in [0.15, 0.2) is 122 Å². The Labute approximate surface area is 260 Å². The molecule has 0 atom stereocenters. The fraction of sp³-hybridized carbons (Fsp3) is 0.0732. The highest BCUT2D eigenvalue weighted by molar-refractivity contribution is 6.32. The lowest BCUT2D eigenvalue weighted by Gasteiger charge is -2.22. The summed E-state index contributed by atoms with van der Waals surface area (Å²) >= 11 is 0. The van der Waals surface area contributed by atoms with Gasteiger partial charge in [-0.1, -0.05) is 92.7 Å². The second kappa shape index (κ2) is 9.29. The van der Waals surface area contributed by atoms with Gasteiger partial charge in [-0.3, -0.25) is 9.97 Å². The van der Waals surface area contributed by atoms with Crippen molar-refractivity contribution in [2.75, 3.05) is 0 Å². The van der Waals surface area contributed by atoms with Crippen molar-refractivity contribution in [1.29, 1.82) is 0 Å². The van der Waals surface area contributed by atoms with Gasteiger partial charge in [-0.2, -0.15) is 0 Å². The Kier molecular flexibility index (Phi) is 5.28. The molecule has 0 aliphatic heterocycles. The Balaban J connectivity index is 1.29. The van der Waals surface area contributed by atoms with Gasteiger partial charge in [-0.05, 0) is 63.7 Å². The smallest absolute Gasteiger partial charge is 0.187 e. The summed E-state index contributed by atoms with van der Waals surface area (Å²) in [4.78, 5) is 18.6. The number of benzene rings is 5. The van der Waals surface area contributed by atoms with Crippen molar-refractivity contribution in [2.45, 2.75) is 19.3 Å². The minimum Gasteiger partial charge on any atom is -0.254 e. The van der Waals surface area contributed by atoms with Gasteiger partial charge >= 0.3 is 0 Å². The van der Waals surface area contributed by atoms with Crippen LogP contribution in [0.2, 0.25) is 0 Å². The molecule has 4 nitrogen and oxygen atoms in total. The number of para-hydroxylation sites is 1. The minimum absolute atomic E-state index is 0.198. The van der Waals surface area contributed by atoms with Gasteiger partial charge in [-0.25, -0.2) is 9.83 Å². The molecule has 0 fully saturated rings. The number of hydrogen-bond donors (Lipinski definition) is 0. The molecule has 0 N–H and O–H groups in total. The van der Waals surface area contributed by atoms with Crippen molar-refractivity contribution in [1.82, 2.24) is 15.0 Å². The summed E-state index contributed by atoms with van der Waals surface area (Å²) in [5, 5.41) is 5.48. The van der Waals surface area contributed by atoms with Crippen molar-refractivity contribution in [3.8, 4) is 33.5 Å². The SMILES string of the molecule is [C-]#[N+]c1ccc2c(c1)C(C)(C)c1cc(-c3cccc(-c4nc5ccccc5c5c6cccnc6c6ncccc6c45)c3)ccc1-2. The third kappa shape index (κ3) is 3.62. The number of rotatable bonds is 2. The third-order valence-electron chi connectivity index (χ3n) is 9.53. The summed E-state index contributed by atoms with van der Waals surface area (Å²) in [6, 6.07) is 38.3. The van der Waals surface area contributed by atoms with Crippen molar-refractivity contribution < 1.29 is 0 Å². The summed E-state index contributed by atoms with van der Waals surface area (Å²) in [5.74, 6) is 0. The lowest BCUT2D eigenvalue weighted by Crippen LogP contribution is -2.14. The average molecular weight is 575 g/mol. The molecule has 0 saturated carbocycles. The molecule has 0 radical (unpaired) electrons. The van der Waals surface area contributed by atoms with Gasteiger partial charge in [0.2, 0.25) is 0 Å². The second-order valence-electron chi connectivity index (χ2n) is 12.3. The van der Waals surface area contributed by atoms with Crippen LogP contribution in [0.1, 0.15) is 25.0 Å². The van der Waals surface area contributed by atoms with Gasteiger partial charge in [0.1, 0.15) is 0 Å². The monoisotopic (exact) mass is 574 g/mol. The van der Waals surface area contributed by atoms with E-state index in [2.05, 4.69) is 110 Å². The summed E-state index contributed by atoms with van der Waals surface area (Å²) in [6.07, 6.45) is 3.68. The number of aromatic nitrogens is 3. The van der Waals surface area contributed by atoms with Crippen LogP contribution in [0.25, 0.3) is 81.8 Å². The highest BCUT2D eigenvalue weighted by Crippen LogP contribution is 2.51. The Morgan fingerprint density at radius 2 is 1.22 bits per heavy atom. The molecule has 9 rings (SSSR count). The first-order valence-corrected chi connectivity index (χ1v) is 15.1. The number of fused-ring (bicyclic) bond motifs is 11. The van der Waals surface area contributed by atoms with Crippen molar-refractivity contribution in [2.24, 2.45) is 0 Å². The molecule has 4 heteroatoms. The molecule has 3 heterocycles. The van der Waals surface area contributed by atoms with Crippen LogP contribution < -0.4 is 0 Å². The Bertz CT molecular complexity index is 2590. The molecular weight excluding hydrogens is 548 g/mol. The van der Waals surface area contributed by atoms with Gasteiger partial charge in [0.25, 0.3) is 0 Å². The lowest BCUT2D eigenvalue weighted by molar-refractivity contribution is 0.661. The standard InChI is InChI=1S/C41H26N4/c1-41(2)33-22-25(15-17-28(33)29-18-16-27(42-3)23-34(29)41)24-9-6-10-26(21-24)38-37-32-13-8-20-44-40(32)39-31(12-7-19-43-39)36(37)30-11-4-5-14-35(30)45-38/h4-23H,1-2H3. The molecule has 1 aliphatic carbocycles. The minimum atomic E-state index is -0.198. The first-order valence-electron chi connectivity index (χ1n) is 15.1. The largest absolute Gasteiger partial charge is 0.254 e. The molecule has 3 aromatic heterocycles. The molecule has 0 amide bonds. The zero-order chi connectivity index (χ0) is 30.3. The molecule has 0 unspecified atom stereocenters. The van der Waals surface area contributed by atoms with Crippen LogP contribution in [0.3, 0.4) is 0 Å². The Hall–Kier alpha value is -5.92. The molecule has 5 aromatic carbocycles. The van der Waals surface area contributed by atoms with E-state index in [-0.39, 0.29) is 5.41 Å². The zero-order valence-electron chi connectivity index (χ0n) is 24.8. The van der Waals surface area contributed by atoms with Crippen molar-refractivity contribution in [3.63, 3.8) is 0 Å². The van der Waals surface area contributed by atoms with Crippen LogP contribution >= 0.6 is 0 Å². The molecule has 0 saturated heterocycles. The average Bonchev–Trinajstić information content (AvgIpc) is 3.32. The van der Waals surface area contributed by atoms with E-state index < -0.39 is 0 Å². The molecule has 8 aromatic rings. The first kappa shape index (κ1) is 25.6. The Morgan fingerprint density at radius 1 is 0.578 bits per heavy atom. The van der Waals surface area contributed by atoms with Gasteiger partial charge in [0.05, 0.1) is 28.8 Å². The zero-order valence-corrected chi connectivity index (χ0v) is 24.8. The van der Waals surface area contributed by atoms with Crippen molar-refractivity contribution >= 4 is 49.2 Å². The summed E-state index contributed by atoms with van der Waals surface area (Å²) in [7, 11) is 0. The van der Waals surface area contributed by atoms with Gasteiger partial charge in [0, 0.05) is 50.3 Å². The topological polar surface area (TPSA) is 43.0 Å². The van der Waals surface area contributed by atoms with E-state index in [9.17, 15) is 0 Å². The molecule has 210 valence electrons. The third-order valence-corrected chi connectivity index (χ3v) is 9.53. The predicted octanol–water partition coefficient (Wildman–Crippen LogP) is 10.7. The summed E-state index contributed by atoms with van der Waals surface area (Å²) in [5.41, 5.74) is 12.5. The quantitative estimate of drug-likeness (QED) is 0.152. The van der Waals surface area contributed by atoms with E-state index >= 15 is 0 Å². The highest BCUT2D eigenvalue weighted by atomic mass is 14.7. The van der Waals surface area contributed by atoms with Crippen LogP contribution in [-0.2, 0) is 5.41 Å². The molecule has 0 bridgehead atoms. The van der Waals surface area contributed by atoms with E-state index in [1.807, 2.05) is 30.6 Å². The van der Waals surface area contributed by atoms with Crippen LogP contribution in [0, 0.1) is 6.57 Å². The lowest BCUT2D eigenvalue weighted by atomic mass is 9.81. The molecule has 1 aliphatic rings. The highest BCUT2D eigenvalue weighted by Gasteiger charge is 2.35. The van der Waals surface area contributed by atoms with E-state index in [0.29, 0.717) is 5.69 Å². The molecule has 45 heavy (non-hydrogen) atoms. The van der Waals surface area contributed by atoms with Crippen LogP contribution in [0.4, 0.5) is 5.69 Å². The first-order chi connectivity index (χ1) is 22.0. The number of nitrogens with zero attached hydrogens (tertiary/aromatic N) is 4.